The van der Waals surface area contributed by atoms with Crippen LogP contribution in [0.4, 0.5) is 6.01 Å². The monoisotopic (exact) mass is 208 g/mol. The minimum Gasteiger partial charge on any atom is -0.493 e. The van der Waals surface area contributed by atoms with Crippen LogP contribution in [0.25, 0.3) is 11.1 Å². The van der Waals surface area contributed by atoms with Crippen LogP contribution >= 0.6 is 0 Å². The first-order chi connectivity index (χ1) is 7.11. The molecule has 0 amide bonds. The van der Waals surface area contributed by atoms with E-state index in [1.54, 1.807) is 0 Å². The molecule has 0 radical (unpaired) electrons. The summed E-state index contributed by atoms with van der Waals surface area (Å²) in [6.45, 7) is 0. The molecule has 3 N–H and O–H groups in total. The molecule has 0 unspecified atom stereocenters. The van der Waals surface area contributed by atoms with Crippen LogP contribution in [-0.2, 0) is 0 Å². The van der Waals surface area contributed by atoms with Crippen LogP contribution in [0.5, 0.6) is 5.75 Å². The fourth-order valence-electron chi connectivity index (χ4n) is 1.29. The Hall–Kier alpha value is -2.24. The smallest absolute Gasteiger partial charge is 0.335 e. The van der Waals surface area contributed by atoms with Gasteiger partial charge in [0.1, 0.15) is 5.52 Å². The predicted octanol–water partition coefficient (Wildman–Crippen LogP) is 1.12. The Kier molecular flexibility index (Phi) is 1.96. The highest BCUT2D eigenvalue weighted by Gasteiger charge is 2.14. The summed E-state index contributed by atoms with van der Waals surface area (Å²) in [4.78, 5) is 14.6. The van der Waals surface area contributed by atoms with Gasteiger partial charge < -0.3 is 20.0 Å². The molecule has 15 heavy (non-hydrogen) atoms. The van der Waals surface area contributed by atoms with Gasteiger partial charge in [-0.15, -0.1) is 0 Å². The summed E-state index contributed by atoms with van der Waals surface area (Å²) in [7, 11) is 1.42. The lowest BCUT2D eigenvalue weighted by Gasteiger charge is -2.00. The van der Waals surface area contributed by atoms with Crippen molar-refractivity contribution in [2.24, 2.45) is 0 Å². The first-order valence-corrected chi connectivity index (χ1v) is 4.09. The molecule has 6 heteroatoms. The van der Waals surface area contributed by atoms with Crippen LogP contribution in [0, 0.1) is 0 Å². The number of hydrogen-bond acceptors (Lipinski definition) is 5. The van der Waals surface area contributed by atoms with Gasteiger partial charge in [0.15, 0.2) is 11.3 Å². The van der Waals surface area contributed by atoms with Gasteiger partial charge in [0, 0.05) is 0 Å². The van der Waals surface area contributed by atoms with Crippen molar-refractivity contribution in [1.29, 1.82) is 0 Å². The van der Waals surface area contributed by atoms with Crippen molar-refractivity contribution in [2.45, 2.75) is 0 Å². The summed E-state index contributed by atoms with van der Waals surface area (Å²) in [6, 6.07) is 2.71. The Morgan fingerprint density at radius 2 is 2.33 bits per heavy atom. The molecular weight excluding hydrogens is 200 g/mol. The highest BCUT2D eigenvalue weighted by Crippen LogP contribution is 2.28. The molecule has 1 heterocycles. The fraction of sp³-hybridized carbons (Fsp3) is 0.111. The minimum absolute atomic E-state index is 0.0224. The lowest BCUT2D eigenvalue weighted by atomic mass is 10.2. The third kappa shape index (κ3) is 1.45. The molecule has 0 saturated carbocycles. The Morgan fingerprint density at radius 1 is 1.60 bits per heavy atom. The number of oxazole rings is 1. The van der Waals surface area contributed by atoms with Gasteiger partial charge in [-0.1, -0.05) is 0 Å². The van der Waals surface area contributed by atoms with Crippen molar-refractivity contribution >= 4 is 23.1 Å². The van der Waals surface area contributed by atoms with E-state index in [4.69, 9.17) is 20.0 Å². The maximum absolute atomic E-state index is 10.8. The van der Waals surface area contributed by atoms with Crippen molar-refractivity contribution in [3.8, 4) is 5.75 Å². The first kappa shape index (κ1) is 9.32. The zero-order valence-electron chi connectivity index (χ0n) is 7.85. The second-order valence-corrected chi connectivity index (χ2v) is 2.88. The molecule has 0 aliphatic rings. The molecule has 1 aromatic carbocycles. The number of benzene rings is 1. The lowest BCUT2D eigenvalue weighted by Crippen LogP contribution is -1.97. The average molecular weight is 208 g/mol. The topological polar surface area (TPSA) is 98.6 Å². The van der Waals surface area contributed by atoms with E-state index in [0.29, 0.717) is 16.8 Å². The van der Waals surface area contributed by atoms with Crippen LogP contribution in [0.2, 0.25) is 0 Å². The normalized spacial score (nSPS) is 10.5. The van der Waals surface area contributed by atoms with E-state index in [1.807, 2.05) is 0 Å². The number of ether oxygens (including phenoxy) is 1. The molecule has 0 aliphatic carbocycles. The molecule has 0 atom stereocenters. The minimum atomic E-state index is -1.06. The van der Waals surface area contributed by atoms with E-state index in [9.17, 15) is 4.79 Å². The molecule has 2 rings (SSSR count). The summed E-state index contributed by atoms with van der Waals surface area (Å²) in [5.41, 5.74) is 6.15. The van der Waals surface area contributed by atoms with Crippen LogP contribution < -0.4 is 10.5 Å². The molecule has 2 aromatic rings. The Balaban J connectivity index is 2.76. The second-order valence-electron chi connectivity index (χ2n) is 2.88. The first-order valence-electron chi connectivity index (χ1n) is 4.09. The molecule has 0 bridgehead atoms. The number of rotatable bonds is 2. The van der Waals surface area contributed by atoms with Crippen LogP contribution in [0.15, 0.2) is 16.5 Å². The highest BCUT2D eigenvalue weighted by molar-refractivity contribution is 5.94. The van der Waals surface area contributed by atoms with E-state index in [1.165, 1.54) is 19.2 Å². The summed E-state index contributed by atoms with van der Waals surface area (Å²) >= 11 is 0. The van der Waals surface area contributed by atoms with Gasteiger partial charge in [0.05, 0.1) is 12.7 Å². The number of aromatic nitrogens is 1. The Bertz CT molecular complexity index is 532. The number of carboxylic acid groups (broad SMARTS) is 1. The number of nitrogen functional groups attached to an aromatic ring is 1. The molecule has 0 spiro atoms. The van der Waals surface area contributed by atoms with Gasteiger partial charge in [0.25, 0.3) is 6.01 Å². The van der Waals surface area contributed by atoms with Crippen molar-refractivity contribution in [1.82, 2.24) is 4.98 Å². The zero-order valence-corrected chi connectivity index (χ0v) is 7.85. The summed E-state index contributed by atoms with van der Waals surface area (Å²) < 4.78 is 10.1. The van der Waals surface area contributed by atoms with E-state index in [0.717, 1.165) is 0 Å². The average Bonchev–Trinajstić information content (AvgIpc) is 2.56. The van der Waals surface area contributed by atoms with Crippen LogP contribution in [-0.4, -0.2) is 23.2 Å². The van der Waals surface area contributed by atoms with Gasteiger partial charge in [-0.3, -0.25) is 0 Å². The van der Waals surface area contributed by atoms with Crippen LogP contribution in [0.3, 0.4) is 0 Å². The molecule has 1 aromatic heterocycles. The molecule has 0 fully saturated rings. The number of carbonyl (C=O) groups is 1. The molecule has 6 nitrogen and oxygen atoms in total. The van der Waals surface area contributed by atoms with Gasteiger partial charge in [0.2, 0.25) is 0 Å². The van der Waals surface area contributed by atoms with Gasteiger partial charge in [-0.2, -0.15) is 4.98 Å². The maximum atomic E-state index is 10.8. The molecular formula is C9H8N2O4. The number of carboxylic acids is 1. The van der Waals surface area contributed by atoms with E-state index >= 15 is 0 Å². The molecule has 78 valence electrons. The van der Waals surface area contributed by atoms with Crippen LogP contribution in [0.1, 0.15) is 10.4 Å². The van der Waals surface area contributed by atoms with Gasteiger partial charge in [-0.25, -0.2) is 4.79 Å². The zero-order chi connectivity index (χ0) is 11.0. The number of nitrogens with two attached hydrogens (primary N) is 1. The third-order valence-corrected chi connectivity index (χ3v) is 1.94. The second kappa shape index (κ2) is 3.16. The third-order valence-electron chi connectivity index (χ3n) is 1.94. The number of hydrogen-bond donors (Lipinski definition) is 2. The number of methoxy groups -OCH3 is 1. The SMILES string of the molecule is COc1cc(C(=O)O)cc2nc(N)oc12. The summed E-state index contributed by atoms with van der Waals surface area (Å²) in [6.07, 6.45) is 0. The van der Waals surface area contributed by atoms with Gasteiger partial charge in [-0.05, 0) is 12.1 Å². The van der Waals surface area contributed by atoms with Gasteiger partial charge >= 0.3 is 5.97 Å². The predicted molar refractivity (Wildman–Crippen MR) is 51.9 cm³/mol. The molecule has 0 aliphatic heterocycles. The lowest BCUT2D eigenvalue weighted by molar-refractivity contribution is 0.0696. The number of aromatic carboxylic acids is 1. The van der Waals surface area contributed by atoms with E-state index in [2.05, 4.69) is 4.98 Å². The quantitative estimate of drug-likeness (QED) is 0.767. The Labute approximate surface area is 84.3 Å². The fourth-order valence-corrected chi connectivity index (χ4v) is 1.29. The summed E-state index contributed by atoms with van der Waals surface area (Å²) in [5.74, 6) is -0.758. The molecule has 0 saturated heterocycles. The maximum Gasteiger partial charge on any atom is 0.335 e. The highest BCUT2D eigenvalue weighted by atomic mass is 16.5. The number of fused-ring (bicyclic) bond motifs is 1. The van der Waals surface area contributed by atoms with Crippen molar-refractivity contribution in [3.63, 3.8) is 0 Å². The standard InChI is InChI=1S/C9H8N2O4/c1-14-6-3-4(8(12)13)2-5-7(6)15-9(10)11-5/h2-3H,1H3,(H2,10,11)(H,12,13). The van der Waals surface area contributed by atoms with Crippen molar-refractivity contribution in [3.05, 3.63) is 17.7 Å². The largest absolute Gasteiger partial charge is 0.493 e. The Morgan fingerprint density at radius 3 is 2.93 bits per heavy atom. The number of nitrogens with zero attached hydrogens (tertiary/aromatic N) is 1. The van der Waals surface area contributed by atoms with Crippen molar-refractivity contribution in [2.75, 3.05) is 12.8 Å². The van der Waals surface area contributed by atoms with Crippen molar-refractivity contribution < 1.29 is 19.1 Å². The number of anilines is 1. The summed E-state index contributed by atoms with van der Waals surface area (Å²) in [5, 5.41) is 8.83. The van der Waals surface area contributed by atoms with E-state index in [-0.39, 0.29) is 11.6 Å². The van der Waals surface area contributed by atoms with E-state index < -0.39 is 5.97 Å².